The SMILES string of the molecule is COc1ccc(/C(O)=C2/C(=O)C(=O)N(CCCn3ccnc3)C2c2cccc([N+](=O)[O-])c2)cc1F. The van der Waals surface area contributed by atoms with Crippen molar-refractivity contribution in [2.24, 2.45) is 0 Å². The molecule has 0 spiro atoms. The van der Waals surface area contributed by atoms with E-state index in [1.54, 1.807) is 23.3 Å². The number of imidazole rings is 1. The minimum absolute atomic E-state index is 0.0323. The number of hydrogen-bond donors (Lipinski definition) is 1. The van der Waals surface area contributed by atoms with Crippen LogP contribution in [0.25, 0.3) is 5.76 Å². The van der Waals surface area contributed by atoms with E-state index < -0.39 is 34.2 Å². The topological polar surface area (TPSA) is 128 Å². The van der Waals surface area contributed by atoms with Gasteiger partial charge >= 0.3 is 0 Å². The van der Waals surface area contributed by atoms with E-state index in [1.165, 1.54) is 48.4 Å². The molecule has 1 aliphatic heterocycles. The maximum Gasteiger partial charge on any atom is 0.295 e. The van der Waals surface area contributed by atoms with Crippen LogP contribution >= 0.6 is 0 Å². The maximum absolute atomic E-state index is 14.3. The van der Waals surface area contributed by atoms with Crippen LogP contribution in [0.2, 0.25) is 0 Å². The number of ketones is 1. The fraction of sp³-hybridized carbons (Fsp3) is 0.208. The molecule has 0 bridgehead atoms. The maximum atomic E-state index is 14.3. The highest BCUT2D eigenvalue weighted by atomic mass is 19.1. The molecule has 1 aliphatic rings. The molecule has 1 amide bonds. The predicted octanol–water partition coefficient (Wildman–Crippen LogP) is 3.45. The molecular weight excluding hydrogens is 459 g/mol. The predicted molar refractivity (Wildman–Crippen MR) is 122 cm³/mol. The first-order valence-electron chi connectivity index (χ1n) is 10.6. The van der Waals surface area contributed by atoms with Crippen molar-refractivity contribution in [1.82, 2.24) is 14.5 Å². The summed E-state index contributed by atoms with van der Waals surface area (Å²) in [6.45, 7) is 0.637. The standard InChI is InChI=1S/C24H21FN4O6/c1-35-19-7-6-16(13-18(19)25)22(30)20-21(15-4-2-5-17(12-15)29(33)34)28(24(32)23(20)31)10-3-9-27-11-8-26-14-27/h2,4-8,11-14,21,30H,3,9-10H2,1H3/b22-20-. The molecule has 35 heavy (non-hydrogen) atoms. The van der Waals surface area contributed by atoms with Crippen LogP contribution in [0.1, 0.15) is 23.6 Å². The van der Waals surface area contributed by atoms with E-state index in [-0.39, 0.29) is 34.7 Å². The van der Waals surface area contributed by atoms with Crippen LogP contribution in [-0.4, -0.2) is 49.8 Å². The Morgan fingerprint density at radius 2 is 2.03 bits per heavy atom. The number of nitrogens with zero attached hydrogens (tertiary/aromatic N) is 4. The lowest BCUT2D eigenvalue weighted by atomic mass is 9.95. The minimum atomic E-state index is -1.09. The number of halogens is 1. The van der Waals surface area contributed by atoms with E-state index in [4.69, 9.17) is 4.74 Å². The summed E-state index contributed by atoms with van der Waals surface area (Å²) >= 11 is 0. The van der Waals surface area contributed by atoms with Crippen LogP contribution in [0.3, 0.4) is 0 Å². The number of carbonyl (C=O) groups is 2. The van der Waals surface area contributed by atoms with Crippen LogP contribution in [0.5, 0.6) is 5.75 Å². The number of aliphatic hydroxyl groups excluding tert-OH is 1. The lowest BCUT2D eigenvalue weighted by Crippen LogP contribution is -2.31. The Morgan fingerprint density at radius 1 is 1.23 bits per heavy atom. The quantitative estimate of drug-likeness (QED) is 0.172. The number of amides is 1. The van der Waals surface area contributed by atoms with Gasteiger partial charge in [0.1, 0.15) is 5.76 Å². The van der Waals surface area contributed by atoms with Gasteiger partial charge in [0.05, 0.1) is 30.0 Å². The lowest BCUT2D eigenvalue weighted by Gasteiger charge is -2.25. The average Bonchev–Trinajstić information content (AvgIpc) is 3.46. The van der Waals surface area contributed by atoms with Crippen LogP contribution in [0, 0.1) is 15.9 Å². The molecule has 11 heteroatoms. The number of Topliss-reactive ketones (excluding diaryl/α,β-unsaturated/α-hetero) is 1. The summed E-state index contributed by atoms with van der Waals surface area (Å²) in [5.74, 6) is -3.23. The summed E-state index contributed by atoms with van der Waals surface area (Å²) in [4.78, 5) is 42.0. The second-order valence-electron chi connectivity index (χ2n) is 7.85. The third-order valence-corrected chi connectivity index (χ3v) is 5.74. The van der Waals surface area contributed by atoms with Gasteiger partial charge in [0.2, 0.25) is 0 Å². The molecule has 2 aromatic carbocycles. The minimum Gasteiger partial charge on any atom is -0.507 e. The molecule has 1 N–H and O–H groups in total. The molecule has 4 rings (SSSR count). The molecule has 1 aromatic heterocycles. The molecule has 3 aromatic rings. The number of aryl methyl sites for hydroxylation is 1. The second kappa shape index (κ2) is 9.75. The van der Waals surface area contributed by atoms with Gasteiger partial charge in [-0.3, -0.25) is 19.7 Å². The summed E-state index contributed by atoms with van der Waals surface area (Å²) in [6.07, 6.45) is 5.43. The van der Waals surface area contributed by atoms with Gasteiger partial charge in [-0.15, -0.1) is 0 Å². The van der Waals surface area contributed by atoms with Crippen LogP contribution in [0.15, 0.2) is 66.8 Å². The van der Waals surface area contributed by atoms with Gasteiger partial charge in [0.25, 0.3) is 17.4 Å². The van der Waals surface area contributed by atoms with E-state index >= 15 is 0 Å². The number of benzene rings is 2. The van der Waals surface area contributed by atoms with Gasteiger partial charge in [0.15, 0.2) is 11.6 Å². The van der Waals surface area contributed by atoms with E-state index in [9.17, 15) is 29.2 Å². The van der Waals surface area contributed by atoms with E-state index in [0.29, 0.717) is 13.0 Å². The van der Waals surface area contributed by atoms with Gasteiger partial charge in [-0.25, -0.2) is 9.37 Å². The second-order valence-corrected chi connectivity index (χ2v) is 7.85. The normalized spacial score (nSPS) is 17.1. The van der Waals surface area contributed by atoms with Gasteiger partial charge < -0.3 is 19.3 Å². The molecular formula is C24H21FN4O6. The van der Waals surface area contributed by atoms with Crippen LogP contribution in [0.4, 0.5) is 10.1 Å². The molecule has 0 radical (unpaired) electrons. The third kappa shape index (κ3) is 4.60. The lowest BCUT2D eigenvalue weighted by molar-refractivity contribution is -0.384. The van der Waals surface area contributed by atoms with Crippen molar-refractivity contribution in [3.8, 4) is 5.75 Å². The van der Waals surface area contributed by atoms with Crippen molar-refractivity contribution in [3.63, 3.8) is 0 Å². The summed E-state index contributed by atoms with van der Waals surface area (Å²) in [5, 5.41) is 22.4. The Morgan fingerprint density at radius 3 is 2.69 bits per heavy atom. The highest BCUT2D eigenvalue weighted by Crippen LogP contribution is 2.40. The summed E-state index contributed by atoms with van der Waals surface area (Å²) in [5.41, 5.74) is -0.267. The zero-order valence-electron chi connectivity index (χ0n) is 18.6. The molecule has 180 valence electrons. The number of likely N-dealkylation sites (tertiary alicyclic amines) is 1. The Bertz CT molecular complexity index is 1320. The van der Waals surface area contributed by atoms with Crippen molar-refractivity contribution >= 4 is 23.1 Å². The van der Waals surface area contributed by atoms with E-state index in [1.807, 2.05) is 0 Å². The van der Waals surface area contributed by atoms with E-state index in [0.717, 1.165) is 6.07 Å². The number of rotatable bonds is 8. The Hall–Kier alpha value is -4.54. The van der Waals surface area contributed by atoms with Gasteiger partial charge in [-0.05, 0) is 30.2 Å². The smallest absolute Gasteiger partial charge is 0.295 e. The summed E-state index contributed by atoms with van der Waals surface area (Å²) in [7, 11) is 1.29. The number of nitro groups is 1. The van der Waals surface area contributed by atoms with Gasteiger partial charge in [-0.1, -0.05) is 12.1 Å². The number of carbonyl (C=O) groups excluding carboxylic acids is 2. The molecule has 1 fully saturated rings. The van der Waals surface area contributed by atoms with Gasteiger partial charge in [0, 0.05) is 43.2 Å². The Balaban J connectivity index is 1.78. The van der Waals surface area contributed by atoms with Crippen LogP contribution in [-0.2, 0) is 16.1 Å². The number of nitro benzene ring substituents is 1. The number of aliphatic hydroxyl groups is 1. The molecule has 10 nitrogen and oxygen atoms in total. The highest BCUT2D eigenvalue weighted by molar-refractivity contribution is 6.46. The molecule has 1 saturated heterocycles. The summed E-state index contributed by atoms with van der Waals surface area (Å²) < 4.78 is 21.0. The molecule has 1 atom stereocenters. The molecule has 0 saturated carbocycles. The number of non-ortho nitro benzene ring substituents is 1. The average molecular weight is 480 g/mol. The number of methoxy groups -OCH3 is 1. The fourth-order valence-electron chi connectivity index (χ4n) is 4.08. The number of aromatic nitrogens is 2. The third-order valence-electron chi connectivity index (χ3n) is 5.74. The number of ether oxygens (including phenoxy) is 1. The zero-order valence-corrected chi connectivity index (χ0v) is 18.6. The molecule has 0 aliphatic carbocycles. The first-order valence-corrected chi connectivity index (χ1v) is 10.6. The van der Waals surface area contributed by atoms with Crippen molar-refractivity contribution in [2.45, 2.75) is 19.0 Å². The van der Waals surface area contributed by atoms with E-state index in [2.05, 4.69) is 4.98 Å². The first kappa shape index (κ1) is 23.6. The van der Waals surface area contributed by atoms with Crippen molar-refractivity contribution < 1.29 is 28.7 Å². The monoisotopic (exact) mass is 480 g/mol. The Kier molecular flexibility index (Phi) is 6.58. The van der Waals surface area contributed by atoms with Gasteiger partial charge in [-0.2, -0.15) is 0 Å². The van der Waals surface area contributed by atoms with Crippen molar-refractivity contribution in [1.29, 1.82) is 0 Å². The molecule has 2 heterocycles. The van der Waals surface area contributed by atoms with Crippen molar-refractivity contribution in [2.75, 3.05) is 13.7 Å². The Labute approximate surface area is 199 Å². The fourth-order valence-corrected chi connectivity index (χ4v) is 4.08. The zero-order chi connectivity index (χ0) is 25.1. The molecule has 1 unspecified atom stereocenters. The largest absolute Gasteiger partial charge is 0.507 e. The number of hydrogen-bond acceptors (Lipinski definition) is 7. The summed E-state index contributed by atoms with van der Waals surface area (Å²) in [6, 6.07) is 8.05. The first-order chi connectivity index (χ1) is 16.8. The van der Waals surface area contributed by atoms with Crippen LogP contribution < -0.4 is 4.74 Å². The van der Waals surface area contributed by atoms with Crippen molar-refractivity contribution in [3.05, 3.63) is 93.8 Å². The highest BCUT2D eigenvalue weighted by Gasteiger charge is 2.46.